The molecule has 1 amide bonds. The molecular weight excluding hydrogens is 323 g/mol. The number of amides is 1. The number of nitrogens with two attached hydrogens (primary N) is 1. The summed E-state index contributed by atoms with van der Waals surface area (Å²) in [5.41, 5.74) is 4.98. The van der Waals surface area contributed by atoms with Crippen LogP contribution in [0.3, 0.4) is 0 Å². The summed E-state index contributed by atoms with van der Waals surface area (Å²) in [6.07, 6.45) is -4.84. The van der Waals surface area contributed by atoms with E-state index in [1.807, 2.05) is 6.07 Å². The summed E-state index contributed by atoms with van der Waals surface area (Å²) in [5, 5.41) is 0. The molecule has 128 valence electrons. The van der Waals surface area contributed by atoms with E-state index in [1.54, 1.807) is 31.2 Å². The molecule has 0 spiro atoms. The number of alkyl halides is 3. The number of halogens is 3. The SMILES string of the molecule is CC(CC(N)=O)(Oc1ccc(OC(F)(F)F)cc1)c1ccccc1. The second kappa shape index (κ2) is 6.82. The highest BCUT2D eigenvalue weighted by Gasteiger charge is 2.32. The van der Waals surface area contributed by atoms with Crippen LogP contribution in [-0.4, -0.2) is 12.3 Å². The molecule has 0 saturated carbocycles. The zero-order valence-electron chi connectivity index (χ0n) is 12.8. The number of hydrogen-bond donors (Lipinski definition) is 1. The van der Waals surface area contributed by atoms with Crippen LogP contribution in [0.4, 0.5) is 13.2 Å². The van der Waals surface area contributed by atoms with Gasteiger partial charge in [0.1, 0.15) is 17.1 Å². The average Bonchev–Trinajstić information content (AvgIpc) is 2.48. The Bertz CT molecular complexity index is 686. The van der Waals surface area contributed by atoms with Crippen LogP contribution in [0.2, 0.25) is 0 Å². The van der Waals surface area contributed by atoms with Gasteiger partial charge in [0.25, 0.3) is 0 Å². The second-order valence-corrected chi connectivity index (χ2v) is 5.36. The van der Waals surface area contributed by atoms with Gasteiger partial charge in [0.2, 0.25) is 5.91 Å². The van der Waals surface area contributed by atoms with Gasteiger partial charge in [-0.15, -0.1) is 13.2 Å². The van der Waals surface area contributed by atoms with Crippen LogP contribution >= 0.6 is 0 Å². The first-order valence-corrected chi connectivity index (χ1v) is 7.07. The topological polar surface area (TPSA) is 61.6 Å². The lowest BCUT2D eigenvalue weighted by Gasteiger charge is -2.30. The molecule has 1 unspecified atom stereocenters. The molecule has 0 aliphatic heterocycles. The number of benzene rings is 2. The van der Waals surface area contributed by atoms with Crippen molar-refractivity contribution in [3.8, 4) is 11.5 Å². The van der Waals surface area contributed by atoms with Crippen molar-refractivity contribution >= 4 is 5.91 Å². The van der Waals surface area contributed by atoms with E-state index in [2.05, 4.69) is 4.74 Å². The summed E-state index contributed by atoms with van der Waals surface area (Å²) < 4.78 is 46.2. The van der Waals surface area contributed by atoms with E-state index < -0.39 is 17.9 Å². The Morgan fingerprint density at radius 1 is 0.958 bits per heavy atom. The molecule has 0 aromatic heterocycles. The van der Waals surface area contributed by atoms with Gasteiger partial charge in [-0.2, -0.15) is 0 Å². The largest absolute Gasteiger partial charge is 0.573 e. The predicted octanol–water partition coefficient (Wildman–Crippen LogP) is 3.75. The van der Waals surface area contributed by atoms with Gasteiger partial charge in [-0.05, 0) is 36.8 Å². The highest BCUT2D eigenvalue weighted by molar-refractivity contribution is 5.75. The molecule has 0 aliphatic carbocycles. The standard InChI is InChI=1S/C17H16F3NO3/c1-16(11-15(21)22,12-5-3-2-4-6-12)23-13-7-9-14(10-8-13)24-17(18,19)20/h2-10H,11H2,1H3,(H2,21,22). The van der Waals surface area contributed by atoms with E-state index in [9.17, 15) is 18.0 Å². The highest BCUT2D eigenvalue weighted by Crippen LogP contribution is 2.32. The minimum absolute atomic E-state index is 0.0855. The van der Waals surface area contributed by atoms with Crippen molar-refractivity contribution in [1.29, 1.82) is 0 Å². The summed E-state index contributed by atoms with van der Waals surface area (Å²) in [4.78, 5) is 11.4. The van der Waals surface area contributed by atoms with Crippen molar-refractivity contribution < 1.29 is 27.4 Å². The van der Waals surface area contributed by atoms with Crippen LogP contribution in [0.25, 0.3) is 0 Å². The molecule has 0 fully saturated rings. The van der Waals surface area contributed by atoms with Crippen molar-refractivity contribution in [2.75, 3.05) is 0 Å². The van der Waals surface area contributed by atoms with Gasteiger partial charge in [0.05, 0.1) is 6.42 Å². The number of ether oxygens (including phenoxy) is 2. The lowest BCUT2D eigenvalue weighted by Crippen LogP contribution is -2.34. The van der Waals surface area contributed by atoms with Crippen molar-refractivity contribution in [2.45, 2.75) is 25.3 Å². The first-order valence-electron chi connectivity index (χ1n) is 7.07. The summed E-state index contributed by atoms with van der Waals surface area (Å²) in [6, 6.07) is 13.9. The Kier molecular flexibility index (Phi) is 5.02. The normalized spacial score (nSPS) is 13.8. The van der Waals surface area contributed by atoms with Crippen LogP contribution in [0.15, 0.2) is 54.6 Å². The van der Waals surface area contributed by atoms with Crippen molar-refractivity contribution in [1.82, 2.24) is 0 Å². The lowest BCUT2D eigenvalue weighted by atomic mass is 9.92. The molecule has 2 aromatic carbocycles. The number of hydrogen-bond acceptors (Lipinski definition) is 3. The third-order valence-corrected chi connectivity index (χ3v) is 3.30. The van der Waals surface area contributed by atoms with Gasteiger partial charge in [-0.1, -0.05) is 30.3 Å². The molecule has 2 N–H and O–H groups in total. The molecule has 24 heavy (non-hydrogen) atoms. The van der Waals surface area contributed by atoms with Gasteiger partial charge in [0, 0.05) is 0 Å². The maximum absolute atomic E-state index is 12.2. The fraction of sp³-hybridized carbons (Fsp3) is 0.235. The number of primary amides is 1. The molecule has 2 aromatic rings. The zero-order valence-corrected chi connectivity index (χ0v) is 12.8. The van der Waals surface area contributed by atoms with E-state index in [4.69, 9.17) is 10.5 Å². The van der Waals surface area contributed by atoms with Gasteiger partial charge in [-0.25, -0.2) is 0 Å². The highest BCUT2D eigenvalue weighted by atomic mass is 19.4. The second-order valence-electron chi connectivity index (χ2n) is 5.36. The van der Waals surface area contributed by atoms with Crippen LogP contribution in [0.5, 0.6) is 11.5 Å². The van der Waals surface area contributed by atoms with Crippen molar-refractivity contribution in [2.24, 2.45) is 5.73 Å². The average molecular weight is 339 g/mol. The van der Waals surface area contributed by atoms with E-state index in [-0.39, 0.29) is 17.9 Å². The third-order valence-electron chi connectivity index (χ3n) is 3.30. The molecule has 2 rings (SSSR count). The minimum atomic E-state index is -4.76. The number of carbonyl (C=O) groups is 1. The Labute approximate surface area is 137 Å². The maximum atomic E-state index is 12.2. The molecule has 7 heteroatoms. The Hall–Kier alpha value is -2.70. The predicted molar refractivity (Wildman–Crippen MR) is 81.4 cm³/mol. The monoisotopic (exact) mass is 339 g/mol. The Balaban J connectivity index is 2.22. The van der Waals surface area contributed by atoms with Crippen LogP contribution in [0.1, 0.15) is 18.9 Å². The summed E-state index contributed by atoms with van der Waals surface area (Å²) in [7, 11) is 0. The maximum Gasteiger partial charge on any atom is 0.573 e. The molecule has 0 radical (unpaired) electrons. The quantitative estimate of drug-likeness (QED) is 0.872. The first kappa shape index (κ1) is 17.7. The van der Waals surface area contributed by atoms with Gasteiger partial charge in [-0.3, -0.25) is 4.79 Å². The van der Waals surface area contributed by atoms with Crippen LogP contribution in [0, 0.1) is 0 Å². The Morgan fingerprint density at radius 2 is 1.46 bits per heavy atom. The molecule has 1 atom stereocenters. The van der Waals surface area contributed by atoms with Gasteiger partial charge < -0.3 is 15.2 Å². The molecule has 0 aliphatic rings. The van der Waals surface area contributed by atoms with Gasteiger partial charge >= 0.3 is 6.36 Å². The van der Waals surface area contributed by atoms with E-state index >= 15 is 0 Å². The fourth-order valence-electron chi connectivity index (χ4n) is 2.29. The summed E-state index contributed by atoms with van der Waals surface area (Å²) >= 11 is 0. The fourth-order valence-corrected chi connectivity index (χ4v) is 2.29. The first-order chi connectivity index (χ1) is 11.2. The molecule has 0 saturated heterocycles. The lowest BCUT2D eigenvalue weighted by molar-refractivity contribution is -0.274. The Morgan fingerprint density at radius 3 is 1.92 bits per heavy atom. The summed E-state index contributed by atoms with van der Waals surface area (Å²) in [6.45, 7) is 1.69. The van der Waals surface area contributed by atoms with Crippen molar-refractivity contribution in [3.63, 3.8) is 0 Å². The molecular formula is C17H16F3NO3. The molecule has 0 bridgehead atoms. The summed E-state index contributed by atoms with van der Waals surface area (Å²) in [5.74, 6) is -0.623. The van der Waals surface area contributed by atoms with Crippen molar-refractivity contribution in [3.05, 3.63) is 60.2 Å². The zero-order chi connectivity index (χ0) is 17.8. The number of rotatable bonds is 6. The van der Waals surface area contributed by atoms with E-state index in [1.165, 1.54) is 12.1 Å². The number of carbonyl (C=O) groups excluding carboxylic acids is 1. The third kappa shape index (κ3) is 4.91. The molecule has 0 heterocycles. The van der Waals surface area contributed by atoms with E-state index in [0.717, 1.165) is 17.7 Å². The smallest absolute Gasteiger partial charge is 0.482 e. The molecule has 4 nitrogen and oxygen atoms in total. The van der Waals surface area contributed by atoms with Crippen LogP contribution in [-0.2, 0) is 10.4 Å². The minimum Gasteiger partial charge on any atom is -0.482 e. The van der Waals surface area contributed by atoms with Crippen LogP contribution < -0.4 is 15.2 Å². The van der Waals surface area contributed by atoms with Gasteiger partial charge in [0.15, 0.2) is 0 Å². The van der Waals surface area contributed by atoms with E-state index in [0.29, 0.717) is 0 Å².